The number of halogens is 2. The van der Waals surface area contributed by atoms with Crippen molar-refractivity contribution in [3.63, 3.8) is 0 Å². The summed E-state index contributed by atoms with van der Waals surface area (Å²) in [5, 5.41) is 3.07. The summed E-state index contributed by atoms with van der Waals surface area (Å²) in [6.45, 7) is 5.34. The van der Waals surface area contributed by atoms with E-state index in [0.717, 1.165) is 0 Å². The lowest BCUT2D eigenvalue weighted by Gasteiger charge is -2.45. The molecule has 0 aromatic heterocycles. The molecule has 0 bridgehead atoms. The summed E-state index contributed by atoms with van der Waals surface area (Å²) < 4.78 is 33.8. The number of alkyl halides is 1. The van der Waals surface area contributed by atoms with E-state index in [1.54, 1.807) is 39.0 Å². The van der Waals surface area contributed by atoms with Gasteiger partial charge < -0.3 is 4.74 Å². The lowest BCUT2D eigenvalue weighted by molar-refractivity contribution is 0.0562. The first kappa shape index (κ1) is 19.1. The molecule has 0 radical (unpaired) electrons. The molecule has 0 spiro atoms. The van der Waals surface area contributed by atoms with Crippen molar-refractivity contribution in [2.75, 3.05) is 5.75 Å². The first-order valence-corrected chi connectivity index (χ1v) is 9.80. The Hall–Kier alpha value is -1.63. The van der Waals surface area contributed by atoms with Crippen LogP contribution in [0.15, 0.2) is 29.3 Å². The second-order valence-electron chi connectivity index (χ2n) is 7.83. The van der Waals surface area contributed by atoms with Gasteiger partial charge in [-0.15, -0.1) is 0 Å². The number of amides is 1. The fraction of sp³-hybridized carbons (Fsp3) is 0.579. The predicted octanol–water partition coefficient (Wildman–Crippen LogP) is 4.79. The first-order valence-electron chi connectivity index (χ1n) is 8.81. The van der Waals surface area contributed by atoms with Crippen LogP contribution in [0.4, 0.5) is 13.6 Å². The van der Waals surface area contributed by atoms with E-state index in [1.807, 2.05) is 0 Å². The molecule has 1 aliphatic carbocycles. The molecule has 3 atom stereocenters. The van der Waals surface area contributed by atoms with Gasteiger partial charge in [0.25, 0.3) is 0 Å². The largest absolute Gasteiger partial charge is 0.444 e. The van der Waals surface area contributed by atoms with Crippen LogP contribution in [-0.2, 0) is 10.3 Å². The molecule has 0 saturated heterocycles. The van der Waals surface area contributed by atoms with Gasteiger partial charge in [0.1, 0.15) is 17.6 Å². The molecule has 26 heavy (non-hydrogen) atoms. The van der Waals surface area contributed by atoms with Crippen LogP contribution in [0.1, 0.15) is 45.6 Å². The van der Waals surface area contributed by atoms with E-state index in [9.17, 15) is 13.6 Å². The maximum absolute atomic E-state index is 14.6. The number of fused-ring (bicyclic) bond motifs is 1. The van der Waals surface area contributed by atoms with Crippen LogP contribution in [-0.4, -0.2) is 28.8 Å². The number of carbonyl (C=O) groups is 1. The molecule has 3 rings (SSSR count). The highest BCUT2D eigenvalue weighted by Crippen LogP contribution is 2.50. The average molecular weight is 382 g/mol. The minimum atomic E-state index is -0.893. The smallest absolute Gasteiger partial charge is 0.413 e. The Kier molecular flexibility index (Phi) is 5.28. The van der Waals surface area contributed by atoms with Gasteiger partial charge in [-0.3, -0.25) is 10.3 Å². The second kappa shape index (κ2) is 7.18. The van der Waals surface area contributed by atoms with Gasteiger partial charge >= 0.3 is 6.09 Å². The van der Waals surface area contributed by atoms with Crippen molar-refractivity contribution in [2.45, 2.75) is 57.3 Å². The van der Waals surface area contributed by atoms with Crippen LogP contribution in [0.25, 0.3) is 0 Å². The minimum Gasteiger partial charge on any atom is -0.444 e. The highest BCUT2D eigenvalue weighted by Gasteiger charge is 2.48. The summed E-state index contributed by atoms with van der Waals surface area (Å²) >= 11 is 1.35. The van der Waals surface area contributed by atoms with Gasteiger partial charge in [0.15, 0.2) is 5.17 Å². The van der Waals surface area contributed by atoms with Crippen molar-refractivity contribution >= 4 is 23.0 Å². The monoisotopic (exact) mass is 382 g/mol. The van der Waals surface area contributed by atoms with Crippen LogP contribution in [0, 0.1) is 11.7 Å². The lowest BCUT2D eigenvalue weighted by atomic mass is 9.69. The molecule has 1 aromatic rings. The Labute approximate surface area is 156 Å². The Morgan fingerprint density at radius 3 is 2.81 bits per heavy atom. The van der Waals surface area contributed by atoms with Crippen molar-refractivity contribution < 1.29 is 18.3 Å². The molecule has 1 saturated carbocycles. The molecule has 142 valence electrons. The molecule has 7 heteroatoms. The maximum atomic E-state index is 14.6. The molecule has 1 fully saturated rings. The van der Waals surface area contributed by atoms with Crippen LogP contribution >= 0.6 is 11.8 Å². The number of hydrogen-bond donors (Lipinski definition) is 1. The van der Waals surface area contributed by atoms with Gasteiger partial charge in [-0.25, -0.2) is 13.6 Å². The number of alkyl carbamates (subject to hydrolysis) is 1. The third-order valence-electron chi connectivity index (χ3n) is 4.72. The van der Waals surface area contributed by atoms with Crippen molar-refractivity contribution in [3.05, 3.63) is 35.6 Å². The highest BCUT2D eigenvalue weighted by atomic mass is 32.2. The summed E-state index contributed by atoms with van der Waals surface area (Å²) in [6, 6.07) is 6.52. The van der Waals surface area contributed by atoms with Gasteiger partial charge in [-0.05, 0) is 46.1 Å². The number of carbonyl (C=O) groups excluding carboxylic acids is 1. The normalized spacial score (nSPS) is 28.7. The summed E-state index contributed by atoms with van der Waals surface area (Å²) in [5.74, 6) is 0.114. The quantitative estimate of drug-likeness (QED) is 0.760. The third-order valence-corrected chi connectivity index (χ3v) is 5.76. The molecule has 4 nitrogen and oxygen atoms in total. The fourth-order valence-electron chi connectivity index (χ4n) is 3.63. The summed E-state index contributed by atoms with van der Waals surface area (Å²) in [5.41, 5.74) is -0.994. The van der Waals surface area contributed by atoms with E-state index >= 15 is 0 Å². The molecule has 1 amide bonds. The van der Waals surface area contributed by atoms with Crippen molar-refractivity contribution in [3.8, 4) is 0 Å². The summed E-state index contributed by atoms with van der Waals surface area (Å²) in [7, 11) is 0. The Bertz CT molecular complexity index is 720. The molecule has 1 aromatic carbocycles. The Balaban J connectivity index is 1.93. The van der Waals surface area contributed by atoms with Crippen LogP contribution in [0.3, 0.4) is 0 Å². The molecule has 1 N–H and O–H groups in total. The SMILES string of the molecule is CC(C)(C)OC(=O)NC1=N[C@@]2(c3ccccc3F)CCC(F)C[C@H]2CS1. The van der Waals surface area contributed by atoms with E-state index in [-0.39, 0.29) is 11.7 Å². The number of amidine groups is 1. The molecular formula is C19H24F2N2O2S. The van der Waals surface area contributed by atoms with E-state index in [4.69, 9.17) is 9.73 Å². The van der Waals surface area contributed by atoms with Crippen molar-refractivity contribution in [1.82, 2.24) is 5.32 Å². The van der Waals surface area contributed by atoms with Gasteiger partial charge in [0.2, 0.25) is 0 Å². The number of nitrogens with zero attached hydrogens (tertiary/aromatic N) is 1. The standard InChI is InChI=1S/C19H24F2N2O2S/c1-18(2,3)25-17(24)22-16-23-19(14-6-4-5-7-15(14)21)9-8-13(20)10-12(19)11-26-16/h4-7,12-13H,8-11H2,1-3H3,(H,22,23,24)/t12-,13?,19-/m0/s1. The van der Waals surface area contributed by atoms with E-state index in [1.165, 1.54) is 17.8 Å². The number of rotatable bonds is 1. The van der Waals surface area contributed by atoms with Crippen LogP contribution < -0.4 is 5.32 Å². The number of nitrogens with one attached hydrogen (secondary N) is 1. The zero-order chi connectivity index (χ0) is 18.9. The van der Waals surface area contributed by atoms with E-state index < -0.39 is 23.4 Å². The van der Waals surface area contributed by atoms with Gasteiger partial charge in [0, 0.05) is 17.2 Å². The van der Waals surface area contributed by atoms with Crippen molar-refractivity contribution in [1.29, 1.82) is 0 Å². The van der Waals surface area contributed by atoms with Crippen molar-refractivity contribution in [2.24, 2.45) is 10.9 Å². The van der Waals surface area contributed by atoms with E-state index in [2.05, 4.69) is 5.32 Å². The summed E-state index contributed by atoms with van der Waals surface area (Å²) in [4.78, 5) is 16.8. The average Bonchev–Trinajstić information content (AvgIpc) is 2.53. The number of hydrogen-bond acceptors (Lipinski definition) is 4. The second-order valence-corrected chi connectivity index (χ2v) is 8.84. The zero-order valence-electron chi connectivity index (χ0n) is 15.2. The molecule has 2 aliphatic rings. The van der Waals surface area contributed by atoms with Gasteiger partial charge in [-0.2, -0.15) is 0 Å². The number of thioether (sulfide) groups is 1. The molecule has 1 unspecified atom stereocenters. The Morgan fingerprint density at radius 1 is 1.38 bits per heavy atom. The third kappa shape index (κ3) is 4.03. The van der Waals surface area contributed by atoms with Gasteiger partial charge in [0.05, 0.1) is 5.54 Å². The number of benzene rings is 1. The number of ether oxygens (including phenoxy) is 1. The maximum Gasteiger partial charge on any atom is 0.413 e. The number of aliphatic imine (C=N–C) groups is 1. The first-order chi connectivity index (χ1) is 12.2. The zero-order valence-corrected chi connectivity index (χ0v) is 16.0. The highest BCUT2D eigenvalue weighted by molar-refractivity contribution is 8.13. The Morgan fingerprint density at radius 2 is 2.12 bits per heavy atom. The molecule has 1 heterocycles. The van der Waals surface area contributed by atoms with E-state index in [0.29, 0.717) is 35.7 Å². The van der Waals surface area contributed by atoms with Crippen LogP contribution in [0.5, 0.6) is 0 Å². The molecular weight excluding hydrogens is 358 g/mol. The van der Waals surface area contributed by atoms with Crippen LogP contribution in [0.2, 0.25) is 0 Å². The predicted molar refractivity (Wildman–Crippen MR) is 99.6 cm³/mol. The lowest BCUT2D eigenvalue weighted by Crippen LogP contribution is -2.47. The molecule has 1 aliphatic heterocycles. The van der Waals surface area contributed by atoms with Gasteiger partial charge in [-0.1, -0.05) is 30.0 Å². The minimum absolute atomic E-state index is 0.114. The fourth-order valence-corrected chi connectivity index (χ4v) is 4.78. The summed E-state index contributed by atoms with van der Waals surface area (Å²) in [6.07, 6.45) is -0.385. The topological polar surface area (TPSA) is 50.7 Å².